The quantitative estimate of drug-likeness (QED) is 0.787. The van der Waals surface area contributed by atoms with Gasteiger partial charge in [-0.2, -0.15) is 0 Å². The molecule has 2 aromatic rings. The third-order valence-electron chi connectivity index (χ3n) is 3.61. The van der Waals surface area contributed by atoms with Gasteiger partial charge in [0.05, 0.1) is 28.1 Å². The van der Waals surface area contributed by atoms with E-state index in [-0.39, 0.29) is 27.9 Å². The Morgan fingerprint density at radius 1 is 1.12 bits per heavy atom. The standard InChI is InChI=1S/C18H19ClN2O4S/c1-12(22)20-16(13-6-4-3-5-7-13)11-18(23)21-17-10-14(26(2,24)25)8-9-15(17)19/h3-10,16H,11H2,1-2H3,(H,20,22)(H,21,23)/t16-/m0/s1. The second kappa shape index (κ2) is 8.33. The molecular weight excluding hydrogens is 376 g/mol. The van der Waals surface area contributed by atoms with Gasteiger partial charge in [-0.3, -0.25) is 9.59 Å². The Hall–Kier alpha value is -2.38. The molecule has 0 saturated carbocycles. The van der Waals surface area contributed by atoms with Crippen LogP contribution in [0.2, 0.25) is 5.02 Å². The second-order valence-corrected chi connectivity index (χ2v) is 8.25. The molecule has 0 aliphatic heterocycles. The Morgan fingerprint density at radius 2 is 1.77 bits per heavy atom. The van der Waals surface area contributed by atoms with E-state index in [2.05, 4.69) is 10.6 Å². The van der Waals surface area contributed by atoms with Crippen molar-refractivity contribution in [1.82, 2.24) is 5.32 Å². The van der Waals surface area contributed by atoms with Crippen LogP contribution < -0.4 is 10.6 Å². The molecule has 0 saturated heterocycles. The molecule has 0 bridgehead atoms. The van der Waals surface area contributed by atoms with E-state index in [1.54, 1.807) is 0 Å². The highest BCUT2D eigenvalue weighted by molar-refractivity contribution is 7.90. The summed E-state index contributed by atoms with van der Waals surface area (Å²) in [5.74, 6) is -0.663. The molecule has 6 nitrogen and oxygen atoms in total. The average Bonchev–Trinajstić information content (AvgIpc) is 2.55. The molecule has 0 spiro atoms. The van der Waals surface area contributed by atoms with Crippen LogP contribution in [0.1, 0.15) is 24.9 Å². The van der Waals surface area contributed by atoms with Crippen LogP contribution in [-0.4, -0.2) is 26.5 Å². The molecule has 0 aliphatic carbocycles. The number of benzene rings is 2. The summed E-state index contributed by atoms with van der Waals surface area (Å²) in [4.78, 5) is 23.9. The Kier molecular flexibility index (Phi) is 6.39. The summed E-state index contributed by atoms with van der Waals surface area (Å²) in [6, 6.07) is 12.7. The predicted octanol–water partition coefficient (Wildman–Crippen LogP) is 2.95. The van der Waals surface area contributed by atoms with Gasteiger partial charge >= 0.3 is 0 Å². The fourth-order valence-electron chi connectivity index (χ4n) is 2.40. The highest BCUT2D eigenvalue weighted by atomic mass is 35.5. The number of carbonyl (C=O) groups is 2. The van der Waals surface area contributed by atoms with Crippen molar-refractivity contribution in [2.75, 3.05) is 11.6 Å². The van der Waals surface area contributed by atoms with Gasteiger partial charge in [0.15, 0.2) is 9.84 Å². The summed E-state index contributed by atoms with van der Waals surface area (Å²) in [7, 11) is -3.43. The first-order chi connectivity index (χ1) is 12.2. The van der Waals surface area contributed by atoms with E-state index in [0.29, 0.717) is 0 Å². The minimum absolute atomic E-state index is 0.0248. The van der Waals surface area contributed by atoms with Crippen LogP contribution in [0, 0.1) is 0 Å². The van der Waals surface area contributed by atoms with Gasteiger partial charge in [-0.25, -0.2) is 8.42 Å². The van der Waals surface area contributed by atoms with Crippen LogP contribution in [0.5, 0.6) is 0 Å². The van der Waals surface area contributed by atoms with E-state index in [1.165, 1.54) is 25.1 Å². The molecule has 0 fully saturated rings. The number of hydrogen-bond donors (Lipinski definition) is 2. The maximum atomic E-state index is 12.4. The first kappa shape index (κ1) is 19.9. The van der Waals surface area contributed by atoms with Crippen LogP contribution in [0.15, 0.2) is 53.4 Å². The van der Waals surface area contributed by atoms with Crippen LogP contribution in [0.4, 0.5) is 5.69 Å². The van der Waals surface area contributed by atoms with E-state index >= 15 is 0 Å². The zero-order chi connectivity index (χ0) is 19.3. The van der Waals surface area contributed by atoms with Gasteiger partial charge in [0, 0.05) is 13.2 Å². The summed E-state index contributed by atoms with van der Waals surface area (Å²) in [6.45, 7) is 1.38. The van der Waals surface area contributed by atoms with Gasteiger partial charge in [0.25, 0.3) is 0 Å². The van der Waals surface area contributed by atoms with E-state index in [1.807, 2.05) is 30.3 Å². The van der Waals surface area contributed by atoms with Crippen molar-refractivity contribution in [3.8, 4) is 0 Å². The molecule has 2 N–H and O–H groups in total. The van der Waals surface area contributed by atoms with Gasteiger partial charge in [-0.15, -0.1) is 0 Å². The van der Waals surface area contributed by atoms with E-state index < -0.39 is 21.8 Å². The second-order valence-electron chi connectivity index (χ2n) is 5.83. The molecule has 0 aromatic heterocycles. The zero-order valence-electron chi connectivity index (χ0n) is 14.3. The van der Waals surface area contributed by atoms with Crippen LogP contribution in [0.25, 0.3) is 0 Å². The Balaban J connectivity index is 2.19. The van der Waals surface area contributed by atoms with Crippen molar-refractivity contribution in [2.24, 2.45) is 0 Å². The first-order valence-corrected chi connectivity index (χ1v) is 10.1. The van der Waals surface area contributed by atoms with Crippen LogP contribution in [0.3, 0.4) is 0 Å². The molecule has 1 atom stereocenters. The van der Waals surface area contributed by atoms with Gasteiger partial charge < -0.3 is 10.6 Å². The zero-order valence-corrected chi connectivity index (χ0v) is 15.9. The molecule has 2 rings (SSSR count). The predicted molar refractivity (Wildman–Crippen MR) is 101 cm³/mol. The molecule has 0 unspecified atom stereocenters. The molecule has 2 amide bonds. The van der Waals surface area contributed by atoms with Gasteiger partial charge in [-0.1, -0.05) is 41.9 Å². The lowest BCUT2D eigenvalue weighted by Gasteiger charge is -2.18. The Bertz CT molecular complexity index is 914. The minimum Gasteiger partial charge on any atom is -0.349 e. The summed E-state index contributed by atoms with van der Waals surface area (Å²) in [5, 5.41) is 5.57. The normalized spacial score (nSPS) is 12.3. The van der Waals surface area contributed by atoms with Crippen molar-refractivity contribution in [3.05, 3.63) is 59.1 Å². The van der Waals surface area contributed by atoms with Gasteiger partial charge in [0.2, 0.25) is 11.8 Å². The summed E-state index contributed by atoms with van der Waals surface area (Å²) in [6.07, 6.45) is 1.05. The number of halogens is 1. The Labute approximate surface area is 157 Å². The number of anilines is 1. The molecule has 138 valence electrons. The summed E-state index contributed by atoms with van der Waals surface area (Å²) < 4.78 is 23.3. The van der Waals surface area contributed by atoms with E-state index in [0.717, 1.165) is 11.8 Å². The van der Waals surface area contributed by atoms with Crippen LogP contribution >= 0.6 is 11.6 Å². The number of sulfone groups is 1. The van der Waals surface area contributed by atoms with Crippen LogP contribution in [-0.2, 0) is 19.4 Å². The van der Waals surface area contributed by atoms with Gasteiger partial charge in [0.1, 0.15) is 0 Å². The Morgan fingerprint density at radius 3 is 2.35 bits per heavy atom. The highest BCUT2D eigenvalue weighted by Crippen LogP contribution is 2.26. The smallest absolute Gasteiger partial charge is 0.226 e. The van der Waals surface area contributed by atoms with Gasteiger partial charge in [-0.05, 0) is 23.8 Å². The fourth-order valence-corrected chi connectivity index (χ4v) is 3.21. The molecule has 2 aromatic carbocycles. The average molecular weight is 395 g/mol. The summed E-state index contributed by atoms with van der Waals surface area (Å²) in [5.41, 5.74) is 0.989. The maximum Gasteiger partial charge on any atom is 0.226 e. The first-order valence-electron chi connectivity index (χ1n) is 7.78. The number of carbonyl (C=O) groups excluding carboxylic acids is 2. The molecular formula is C18H19ClN2O4S. The molecule has 0 aliphatic rings. The largest absolute Gasteiger partial charge is 0.349 e. The fraction of sp³-hybridized carbons (Fsp3) is 0.222. The lowest BCUT2D eigenvalue weighted by molar-refractivity contribution is -0.120. The molecule has 0 radical (unpaired) electrons. The molecule has 0 heterocycles. The number of hydrogen-bond acceptors (Lipinski definition) is 4. The highest BCUT2D eigenvalue weighted by Gasteiger charge is 2.18. The SMILES string of the molecule is CC(=O)N[C@@H](CC(=O)Nc1cc(S(C)(=O)=O)ccc1Cl)c1ccccc1. The molecule has 26 heavy (non-hydrogen) atoms. The third kappa shape index (κ3) is 5.57. The topological polar surface area (TPSA) is 92.3 Å². The van der Waals surface area contributed by atoms with Crippen molar-refractivity contribution in [3.63, 3.8) is 0 Å². The lowest BCUT2D eigenvalue weighted by Crippen LogP contribution is -2.29. The summed E-state index contributed by atoms with van der Waals surface area (Å²) >= 11 is 6.05. The van der Waals surface area contributed by atoms with Crippen molar-refractivity contribution in [2.45, 2.75) is 24.3 Å². The third-order valence-corrected chi connectivity index (χ3v) is 5.05. The number of rotatable bonds is 6. The molecule has 8 heteroatoms. The van der Waals surface area contributed by atoms with E-state index in [9.17, 15) is 18.0 Å². The minimum atomic E-state index is -3.43. The number of nitrogens with one attached hydrogen (secondary N) is 2. The maximum absolute atomic E-state index is 12.4. The lowest BCUT2D eigenvalue weighted by atomic mass is 10.0. The number of amides is 2. The monoisotopic (exact) mass is 394 g/mol. The van der Waals surface area contributed by atoms with Crippen molar-refractivity contribution >= 4 is 38.9 Å². The van der Waals surface area contributed by atoms with E-state index in [4.69, 9.17) is 11.6 Å². The van der Waals surface area contributed by atoms with Crippen molar-refractivity contribution in [1.29, 1.82) is 0 Å². The van der Waals surface area contributed by atoms with Crippen molar-refractivity contribution < 1.29 is 18.0 Å².